The standard InChI is InChI=1S/C14H23N3.HI/c1-4-11-16-14(15-5-2)17(3)12-13-9-7-6-8-10-13;/h6-10H,4-5,11-12H2,1-3H3,(H,15,16);1H. The van der Waals surface area contributed by atoms with Crippen LogP contribution in [-0.4, -0.2) is 31.0 Å². The number of rotatable bonds is 5. The van der Waals surface area contributed by atoms with E-state index in [4.69, 9.17) is 0 Å². The summed E-state index contributed by atoms with van der Waals surface area (Å²) in [7, 11) is 2.07. The number of nitrogens with one attached hydrogen (secondary N) is 1. The van der Waals surface area contributed by atoms with Gasteiger partial charge in [0, 0.05) is 26.7 Å². The van der Waals surface area contributed by atoms with Crippen molar-refractivity contribution < 1.29 is 0 Å². The molecule has 0 aromatic heterocycles. The van der Waals surface area contributed by atoms with Gasteiger partial charge in [-0.15, -0.1) is 24.0 Å². The molecule has 1 rings (SSSR count). The first-order valence-electron chi connectivity index (χ1n) is 6.31. The molecule has 0 spiro atoms. The highest BCUT2D eigenvalue weighted by molar-refractivity contribution is 14.0. The predicted octanol–water partition coefficient (Wildman–Crippen LogP) is 3.11. The third-order valence-corrected chi connectivity index (χ3v) is 2.44. The van der Waals surface area contributed by atoms with Crippen LogP contribution in [0.3, 0.4) is 0 Å². The van der Waals surface area contributed by atoms with E-state index in [1.54, 1.807) is 0 Å². The van der Waals surface area contributed by atoms with Crippen LogP contribution in [0.25, 0.3) is 0 Å². The highest BCUT2D eigenvalue weighted by Gasteiger charge is 2.05. The van der Waals surface area contributed by atoms with Gasteiger partial charge in [0.05, 0.1) is 0 Å². The molecule has 0 fully saturated rings. The Morgan fingerprint density at radius 3 is 2.44 bits per heavy atom. The third-order valence-electron chi connectivity index (χ3n) is 2.44. The van der Waals surface area contributed by atoms with Gasteiger partial charge in [-0.05, 0) is 18.9 Å². The predicted molar refractivity (Wildman–Crippen MR) is 89.6 cm³/mol. The number of aliphatic imine (C=N–C) groups is 1. The van der Waals surface area contributed by atoms with Gasteiger partial charge in [-0.1, -0.05) is 37.3 Å². The summed E-state index contributed by atoms with van der Waals surface area (Å²) >= 11 is 0. The molecule has 0 heterocycles. The Hall–Kier alpha value is -0.780. The second-order valence-corrected chi connectivity index (χ2v) is 4.08. The van der Waals surface area contributed by atoms with Crippen LogP contribution in [0, 0.1) is 0 Å². The zero-order chi connectivity index (χ0) is 12.5. The van der Waals surface area contributed by atoms with Crippen molar-refractivity contribution in [1.82, 2.24) is 10.2 Å². The van der Waals surface area contributed by atoms with Crippen molar-refractivity contribution in [3.63, 3.8) is 0 Å². The average Bonchev–Trinajstić information content (AvgIpc) is 2.35. The van der Waals surface area contributed by atoms with Crippen molar-refractivity contribution in [2.24, 2.45) is 4.99 Å². The van der Waals surface area contributed by atoms with E-state index < -0.39 is 0 Å². The van der Waals surface area contributed by atoms with E-state index >= 15 is 0 Å². The monoisotopic (exact) mass is 361 g/mol. The van der Waals surface area contributed by atoms with Crippen LogP contribution < -0.4 is 5.32 Å². The molecule has 1 aromatic carbocycles. The van der Waals surface area contributed by atoms with Crippen LogP contribution in [-0.2, 0) is 6.54 Å². The number of halogens is 1. The molecule has 0 bridgehead atoms. The molecule has 1 aromatic rings. The number of nitrogens with zero attached hydrogens (tertiary/aromatic N) is 2. The van der Waals surface area contributed by atoms with Gasteiger partial charge in [0.15, 0.2) is 5.96 Å². The molecule has 0 amide bonds. The minimum absolute atomic E-state index is 0. The minimum Gasteiger partial charge on any atom is -0.357 e. The summed E-state index contributed by atoms with van der Waals surface area (Å²) in [6.45, 7) is 6.90. The fourth-order valence-corrected chi connectivity index (χ4v) is 1.62. The van der Waals surface area contributed by atoms with Crippen LogP contribution in [0.2, 0.25) is 0 Å². The summed E-state index contributed by atoms with van der Waals surface area (Å²) in [5, 5.41) is 3.31. The maximum Gasteiger partial charge on any atom is 0.193 e. The Balaban J connectivity index is 0.00000289. The largest absolute Gasteiger partial charge is 0.357 e. The van der Waals surface area contributed by atoms with E-state index in [1.165, 1.54) is 5.56 Å². The van der Waals surface area contributed by atoms with Crippen molar-refractivity contribution in [1.29, 1.82) is 0 Å². The number of guanidine groups is 1. The highest BCUT2D eigenvalue weighted by Crippen LogP contribution is 2.02. The Morgan fingerprint density at radius 1 is 1.22 bits per heavy atom. The lowest BCUT2D eigenvalue weighted by atomic mass is 10.2. The second-order valence-electron chi connectivity index (χ2n) is 4.08. The Bertz CT molecular complexity index is 338. The van der Waals surface area contributed by atoms with Crippen LogP contribution in [0.15, 0.2) is 35.3 Å². The Morgan fingerprint density at radius 2 is 1.89 bits per heavy atom. The van der Waals surface area contributed by atoms with E-state index in [-0.39, 0.29) is 24.0 Å². The molecule has 0 aliphatic heterocycles. The van der Waals surface area contributed by atoms with E-state index in [1.807, 2.05) is 6.07 Å². The summed E-state index contributed by atoms with van der Waals surface area (Å²) < 4.78 is 0. The van der Waals surface area contributed by atoms with Gasteiger partial charge in [0.1, 0.15) is 0 Å². The molecule has 0 atom stereocenters. The highest BCUT2D eigenvalue weighted by atomic mass is 127. The van der Waals surface area contributed by atoms with E-state index in [0.29, 0.717) is 0 Å². The smallest absolute Gasteiger partial charge is 0.193 e. The fraction of sp³-hybridized carbons (Fsp3) is 0.500. The van der Waals surface area contributed by atoms with Crippen LogP contribution in [0.4, 0.5) is 0 Å². The number of hydrogen-bond donors (Lipinski definition) is 1. The normalized spacial score (nSPS) is 10.7. The van der Waals surface area contributed by atoms with Gasteiger partial charge in [-0.2, -0.15) is 0 Å². The van der Waals surface area contributed by atoms with Crippen molar-refractivity contribution in [2.45, 2.75) is 26.8 Å². The molecule has 102 valence electrons. The summed E-state index contributed by atoms with van der Waals surface area (Å²) in [5.74, 6) is 0.984. The van der Waals surface area contributed by atoms with Gasteiger partial charge < -0.3 is 10.2 Å². The summed E-state index contributed by atoms with van der Waals surface area (Å²) in [4.78, 5) is 6.72. The van der Waals surface area contributed by atoms with Crippen LogP contribution >= 0.6 is 24.0 Å². The van der Waals surface area contributed by atoms with Crippen LogP contribution in [0.5, 0.6) is 0 Å². The molecule has 4 heteroatoms. The van der Waals surface area contributed by atoms with E-state index in [0.717, 1.165) is 32.0 Å². The van der Waals surface area contributed by atoms with Gasteiger partial charge >= 0.3 is 0 Å². The molecule has 3 nitrogen and oxygen atoms in total. The lowest BCUT2D eigenvalue weighted by Crippen LogP contribution is -2.38. The van der Waals surface area contributed by atoms with Crippen molar-refractivity contribution in [3.05, 3.63) is 35.9 Å². The van der Waals surface area contributed by atoms with Gasteiger partial charge in [0.2, 0.25) is 0 Å². The molecule has 0 aliphatic rings. The lowest BCUT2D eigenvalue weighted by molar-refractivity contribution is 0.477. The molecule has 0 unspecified atom stereocenters. The Kier molecular flexibility index (Phi) is 9.73. The molecular weight excluding hydrogens is 337 g/mol. The Labute approximate surface area is 128 Å². The van der Waals surface area contributed by atoms with Crippen molar-refractivity contribution in [2.75, 3.05) is 20.1 Å². The molecule has 0 aliphatic carbocycles. The third kappa shape index (κ3) is 6.23. The molecule has 1 N–H and O–H groups in total. The number of hydrogen-bond acceptors (Lipinski definition) is 1. The maximum atomic E-state index is 4.56. The fourth-order valence-electron chi connectivity index (χ4n) is 1.62. The zero-order valence-corrected chi connectivity index (χ0v) is 13.8. The molecule has 18 heavy (non-hydrogen) atoms. The number of benzene rings is 1. The second kappa shape index (κ2) is 10.2. The lowest BCUT2D eigenvalue weighted by Gasteiger charge is -2.22. The van der Waals surface area contributed by atoms with E-state index in [2.05, 4.69) is 60.4 Å². The van der Waals surface area contributed by atoms with Gasteiger partial charge in [-0.25, -0.2) is 0 Å². The van der Waals surface area contributed by atoms with E-state index in [9.17, 15) is 0 Å². The summed E-state index contributed by atoms with van der Waals surface area (Å²) in [6.07, 6.45) is 1.08. The molecule has 0 radical (unpaired) electrons. The maximum absolute atomic E-state index is 4.56. The molecular formula is C14H24IN3. The van der Waals surface area contributed by atoms with Crippen molar-refractivity contribution in [3.8, 4) is 0 Å². The van der Waals surface area contributed by atoms with Crippen molar-refractivity contribution >= 4 is 29.9 Å². The average molecular weight is 361 g/mol. The first kappa shape index (κ1) is 17.2. The molecule has 0 saturated carbocycles. The summed E-state index contributed by atoms with van der Waals surface area (Å²) in [5.41, 5.74) is 1.30. The quantitative estimate of drug-likeness (QED) is 0.496. The topological polar surface area (TPSA) is 27.6 Å². The zero-order valence-electron chi connectivity index (χ0n) is 11.5. The van der Waals surface area contributed by atoms with Gasteiger partial charge in [0.25, 0.3) is 0 Å². The SMILES string of the molecule is CCCN=C(NCC)N(C)Cc1ccccc1.I. The summed E-state index contributed by atoms with van der Waals surface area (Å²) in [6, 6.07) is 10.5. The molecule has 0 saturated heterocycles. The van der Waals surface area contributed by atoms with Crippen LogP contribution in [0.1, 0.15) is 25.8 Å². The first-order valence-corrected chi connectivity index (χ1v) is 6.31. The minimum atomic E-state index is 0. The first-order chi connectivity index (χ1) is 8.27. The van der Waals surface area contributed by atoms with Gasteiger partial charge in [-0.3, -0.25) is 4.99 Å².